The van der Waals surface area contributed by atoms with Crippen LogP contribution in [0, 0.1) is 5.82 Å². The van der Waals surface area contributed by atoms with Crippen LogP contribution in [0.1, 0.15) is 23.6 Å². The minimum absolute atomic E-state index is 0.0963. The standard InChI is InChI=1S/C33H26ClFN2O6/c1-2-41-29-18-22(17-27(34)30(29)43-20-23-10-6-7-11-28(23)35)16-26-31(38)36-33(40)37(32(26)39)24-12-14-25(15-13-24)42-19-21-8-4-3-5-9-21/h3-18H,2,19-20H2,1H3,(H,36,38,40)/b26-16+. The van der Waals surface area contributed by atoms with Crippen molar-refractivity contribution < 1.29 is 33.0 Å². The highest BCUT2D eigenvalue weighted by Gasteiger charge is 2.37. The minimum atomic E-state index is -0.880. The normalized spacial score (nSPS) is 14.1. The number of carbonyl (C=O) groups excluding carboxylic acids is 3. The average molecular weight is 601 g/mol. The van der Waals surface area contributed by atoms with Gasteiger partial charge in [0.15, 0.2) is 11.5 Å². The van der Waals surface area contributed by atoms with Gasteiger partial charge in [-0.2, -0.15) is 0 Å². The van der Waals surface area contributed by atoms with Crippen LogP contribution in [0.5, 0.6) is 17.2 Å². The van der Waals surface area contributed by atoms with E-state index in [9.17, 15) is 18.8 Å². The van der Waals surface area contributed by atoms with Gasteiger partial charge in [-0.15, -0.1) is 0 Å². The summed E-state index contributed by atoms with van der Waals surface area (Å²) in [6, 6.07) is 24.3. The van der Waals surface area contributed by atoms with Crippen molar-refractivity contribution in [1.82, 2.24) is 5.32 Å². The first-order valence-electron chi connectivity index (χ1n) is 13.3. The van der Waals surface area contributed by atoms with Crippen LogP contribution in [0.3, 0.4) is 0 Å². The van der Waals surface area contributed by atoms with Crippen molar-refractivity contribution in [3.8, 4) is 17.2 Å². The average Bonchev–Trinajstić information content (AvgIpc) is 3.00. The van der Waals surface area contributed by atoms with Crippen LogP contribution < -0.4 is 24.4 Å². The van der Waals surface area contributed by atoms with Crippen LogP contribution in [0.25, 0.3) is 6.08 Å². The Morgan fingerprint density at radius 1 is 0.860 bits per heavy atom. The molecule has 4 aromatic carbocycles. The molecule has 0 aliphatic carbocycles. The molecule has 1 N–H and O–H groups in total. The van der Waals surface area contributed by atoms with Gasteiger partial charge in [0, 0.05) is 5.56 Å². The Bertz CT molecular complexity index is 1690. The molecule has 1 fully saturated rings. The van der Waals surface area contributed by atoms with E-state index in [1.165, 1.54) is 18.2 Å². The van der Waals surface area contributed by atoms with E-state index in [4.69, 9.17) is 25.8 Å². The maximum atomic E-state index is 14.1. The van der Waals surface area contributed by atoms with Crippen molar-refractivity contribution in [2.45, 2.75) is 20.1 Å². The Hall–Kier alpha value is -5.15. The lowest BCUT2D eigenvalue weighted by Crippen LogP contribution is -2.54. The summed E-state index contributed by atoms with van der Waals surface area (Å²) in [5.41, 5.74) is 1.63. The lowest BCUT2D eigenvalue weighted by Gasteiger charge is -2.26. The Labute approximate surface area is 252 Å². The molecule has 0 atom stereocenters. The summed E-state index contributed by atoms with van der Waals surface area (Å²) in [5.74, 6) is -1.14. The fourth-order valence-corrected chi connectivity index (χ4v) is 4.60. The second-order valence-electron chi connectivity index (χ2n) is 9.37. The zero-order valence-corrected chi connectivity index (χ0v) is 23.8. The quantitative estimate of drug-likeness (QED) is 0.161. The Morgan fingerprint density at radius 2 is 1.58 bits per heavy atom. The van der Waals surface area contributed by atoms with Crippen LogP contribution in [0.15, 0.2) is 96.6 Å². The first kappa shape index (κ1) is 29.3. The van der Waals surface area contributed by atoms with Gasteiger partial charge >= 0.3 is 6.03 Å². The maximum absolute atomic E-state index is 14.1. The zero-order valence-electron chi connectivity index (χ0n) is 23.0. The highest BCUT2D eigenvalue weighted by atomic mass is 35.5. The molecule has 1 aliphatic rings. The van der Waals surface area contributed by atoms with Gasteiger partial charge in [0.25, 0.3) is 11.8 Å². The molecule has 1 saturated heterocycles. The minimum Gasteiger partial charge on any atom is -0.490 e. The van der Waals surface area contributed by atoms with Crippen LogP contribution >= 0.6 is 11.6 Å². The number of amides is 4. The van der Waals surface area contributed by atoms with Crippen molar-refractivity contribution in [3.05, 3.63) is 124 Å². The molecule has 4 amide bonds. The van der Waals surface area contributed by atoms with Gasteiger partial charge < -0.3 is 14.2 Å². The molecule has 0 saturated carbocycles. The first-order valence-corrected chi connectivity index (χ1v) is 13.7. The number of halogens is 2. The van der Waals surface area contributed by atoms with Gasteiger partial charge in [0.1, 0.15) is 30.4 Å². The van der Waals surface area contributed by atoms with Crippen LogP contribution in [-0.2, 0) is 22.8 Å². The molecule has 218 valence electrons. The summed E-state index contributed by atoms with van der Waals surface area (Å²) >= 11 is 6.50. The molecular formula is C33H26ClFN2O6. The Morgan fingerprint density at radius 3 is 2.30 bits per heavy atom. The van der Waals surface area contributed by atoms with Crippen molar-refractivity contribution >= 4 is 41.2 Å². The monoisotopic (exact) mass is 600 g/mol. The second kappa shape index (κ2) is 13.2. The smallest absolute Gasteiger partial charge is 0.335 e. The number of rotatable bonds is 10. The lowest BCUT2D eigenvalue weighted by molar-refractivity contribution is -0.122. The predicted octanol–water partition coefficient (Wildman–Crippen LogP) is 6.70. The van der Waals surface area contributed by atoms with E-state index in [-0.39, 0.29) is 41.0 Å². The van der Waals surface area contributed by atoms with Gasteiger partial charge in [-0.05, 0) is 66.6 Å². The summed E-state index contributed by atoms with van der Waals surface area (Å²) in [4.78, 5) is 39.7. The highest BCUT2D eigenvalue weighted by molar-refractivity contribution is 6.39. The first-order chi connectivity index (χ1) is 20.8. The van der Waals surface area contributed by atoms with Crippen molar-refractivity contribution in [2.75, 3.05) is 11.5 Å². The fraction of sp³-hybridized carbons (Fsp3) is 0.121. The number of benzene rings is 4. The topological polar surface area (TPSA) is 94.2 Å². The molecule has 0 bridgehead atoms. The van der Waals surface area contributed by atoms with E-state index >= 15 is 0 Å². The third kappa shape index (κ3) is 6.85. The molecule has 8 nitrogen and oxygen atoms in total. The van der Waals surface area contributed by atoms with E-state index in [1.54, 1.807) is 55.5 Å². The molecule has 0 radical (unpaired) electrons. The highest BCUT2D eigenvalue weighted by Crippen LogP contribution is 2.38. The molecule has 5 rings (SSSR count). The van der Waals surface area contributed by atoms with Gasteiger partial charge in [0.05, 0.1) is 17.3 Å². The summed E-state index contributed by atoms with van der Waals surface area (Å²) in [6.07, 6.45) is 1.31. The molecule has 4 aromatic rings. The number of nitrogens with zero attached hydrogens (tertiary/aromatic N) is 1. The third-order valence-corrected chi connectivity index (χ3v) is 6.70. The molecule has 43 heavy (non-hydrogen) atoms. The van der Waals surface area contributed by atoms with Crippen LogP contribution in [-0.4, -0.2) is 24.5 Å². The maximum Gasteiger partial charge on any atom is 0.335 e. The number of nitrogens with one attached hydrogen (secondary N) is 1. The van der Waals surface area contributed by atoms with Gasteiger partial charge in [-0.3, -0.25) is 14.9 Å². The van der Waals surface area contributed by atoms with E-state index in [0.717, 1.165) is 10.5 Å². The number of urea groups is 1. The molecule has 0 unspecified atom stereocenters. The molecule has 1 aliphatic heterocycles. The van der Waals surface area contributed by atoms with Gasteiger partial charge in [0.2, 0.25) is 0 Å². The van der Waals surface area contributed by atoms with E-state index in [2.05, 4.69) is 5.32 Å². The van der Waals surface area contributed by atoms with Crippen molar-refractivity contribution in [3.63, 3.8) is 0 Å². The number of barbiturate groups is 1. The van der Waals surface area contributed by atoms with E-state index in [1.807, 2.05) is 30.3 Å². The Kier molecular flexibility index (Phi) is 9.02. The summed E-state index contributed by atoms with van der Waals surface area (Å²) in [5, 5.41) is 2.32. The predicted molar refractivity (Wildman–Crippen MR) is 160 cm³/mol. The third-order valence-electron chi connectivity index (χ3n) is 6.42. The molecule has 0 spiro atoms. The number of ether oxygens (including phenoxy) is 3. The van der Waals surface area contributed by atoms with Crippen LogP contribution in [0.4, 0.5) is 14.9 Å². The number of carbonyl (C=O) groups is 3. The lowest BCUT2D eigenvalue weighted by atomic mass is 10.1. The number of hydrogen-bond acceptors (Lipinski definition) is 6. The van der Waals surface area contributed by atoms with Gasteiger partial charge in [-0.1, -0.05) is 60.1 Å². The summed E-state index contributed by atoms with van der Waals surface area (Å²) < 4.78 is 31.3. The largest absolute Gasteiger partial charge is 0.490 e. The second-order valence-corrected chi connectivity index (χ2v) is 9.78. The molecule has 0 aromatic heterocycles. The summed E-state index contributed by atoms with van der Waals surface area (Å²) in [7, 11) is 0. The SMILES string of the molecule is CCOc1cc(/C=C2\C(=O)NC(=O)N(c3ccc(OCc4ccccc4)cc3)C2=O)cc(Cl)c1OCc1ccccc1F. The summed E-state index contributed by atoms with van der Waals surface area (Å²) in [6.45, 7) is 2.28. The number of anilines is 1. The molecule has 10 heteroatoms. The molecular weight excluding hydrogens is 575 g/mol. The van der Waals surface area contributed by atoms with Gasteiger partial charge in [-0.25, -0.2) is 14.1 Å². The zero-order chi connectivity index (χ0) is 30.3. The van der Waals surface area contributed by atoms with Crippen molar-refractivity contribution in [1.29, 1.82) is 0 Å². The van der Waals surface area contributed by atoms with E-state index in [0.29, 0.717) is 23.5 Å². The number of imide groups is 2. The van der Waals surface area contributed by atoms with E-state index < -0.39 is 23.7 Å². The van der Waals surface area contributed by atoms with Crippen molar-refractivity contribution in [2.24, 2.45) is 0 Å². The fourth-order valence-electron chi connectivity index (χ4n) is 4.33. The Balaban J connectivity index is 1.37. The molecule has 1 heterocycles. The number of hydrogen-bond donors (Lipinski definition) is 1. The van der Waals surface area contributed by atoms with Crippen LogP contribution in [0.2, 0.25) is 5.02 Å².